The summed E-state index contributed by atoms with van der Waals surface area (Å²) in [5.41, 5.74) is 1.18. The second-order valence-electron chi connectivity index (χ2n) is 6.90. The molecular weight excluding hydrogens is 334 g/mol. The van der Waals surface area contributed by atoms with Crippen LogP contribution in [0.25, 0.3) is 0 Å². The number of benzene rings is 1. The van der Waals surface area contributed by atoms with Crippen molar-refractivity contribution in [1.29, 1.82) is 0 Å². The highest BCUT2D eigenvalue weighted by Crippen LogP contribution is 2.34. The van der Waals surface area contributed by atoms with Crippen molar-refractivity contribution in [3.05, 3.63) is 24.3 Å². The molecule has 7 nitrogen and oxygen atoms in total. The van der Waals surface area contributed by atoms with Crippen LogP contribution in [0.4, 0.5) is 16.2 Å². The first-order valence-electron chi connectivity index (χ1n) is 8.89. The van der Waals surface area contributed by atoms with E-state index in [9.17, 15) is 14.4 Å². The highest BCUT2D eigenvalue weighted by Gasteiger charge is 2.40. The average molecular weight is 361 g/mol. The summed E-state index contributed by atoms with van der Waals surface area (Å²) in [6, 6.07) is 5.20. The monoisotopic (exact) mass is 361 g/mol. The van der Waals surface area contributed by atoms with E-state index < -0.39 is 24.1 Å². The van der Waals surface area contributed by atoms with Crippen LogP contribution in [0, 0.1) is 11.8 Å². The van der Waals surface area contributed by atoms with Crippen molar-refractivity contribution >= 4 is 29.3 Å². The zero-order chi connectivity index (χ0) is 19.4. The molecule has 26 heavy (non-hydrogen) atoms. The van der Waals surface area contributed by atoms with Crippen LogP contribution in [-0.4, -0.2) is 37.1 Å². The van der Waals surface area contributed by atoms with Crippen molar-refractivity contribution in [2.75, 3.05) is 17.3 Å². The van der Waals surface area contributed by atoms with E-state index in [1.165, 1.54) is 12.0 Å². The van der Waals surface area contributed by atoms with E-state index in [2.05, 4.69) is 10.6 Å². The van der Waals surface area contributed by atoms with E-state index in [1.54, 1.807) is 24.3 Å². The van der Waals surface area contributed by atoms with Crippen LogP contribution >= 0.6 is 0 Å². The van der Waals surface area contributed by atoms with Crippen LogP contribution in [0.3, 0.4) is 0 Å². The highest BCUT2D eigenvalue weighted by molar-refractivity contribution is 6.12. The number of amides is 3. The lowest BCUT2D eigenvalue weighted by Crippen LogP contribution is -2.59. The molecule has 0 bridgehead atoms. The third kappa shape index (κ3) is 3.81. The van der Waals surface area contributed by atoms with E-state index >= 15 is 0 Å². The molecule has 1 aromatic rings. The Kier molecular flexibility index (Phi) is 6.23. The summed E-state index contributed by atoms with van der Waals surface area (Å²) in [4.78, 5) is 39.2. The van der Waals surface area contributed by atoms with Crippen molar-refractivity contribution < 1.29 is 19.1 Å². The lowest BCUT2D eigenvalue weighted by atomic mass is 9.97. The number of anilines is 2. The molecule has 1 aliphatic rings. The van der Waals surface area contributed by atoms with Crippen LogP contribution in [-0.2, 0) is 14.3 Å². The molecular formula is C19H27N3O4. The highest BCUT2D eigenvalue weighted by atomic mass is 16.5. The number of rotatable bonds is 5. The molecule has 0 aliphatic carbocycles. The number of carbonyl (C=O) groups excluding carboxylic acids is 3. The second-order valence-corrected chi connectivity index (χ2v) is 6.90. The number of para-hydroxylation sites is 2. The summed E-state index contributed by atoms with van der Waals surface area (Å²) in [6.45, 7) is 7.57. The molecule has 0 spiro atoms. The zero-order valence-corrected chi connectivity index (χ0v) is 15.9. The molecule has 0 radical (unpaired) electrons. The molecule has 0 saturated heterocycles. The standard InChI is InChI=1S/C19H27N3O4/c1-6-12(4)15(18(24)26-5)21-19(25)22-14-10-8-7-9-13(14)20-17(23)16(22)11(2)3/h7-12,15-16H,6H2,1-5H3,(H,20,23)(H,21,25). The van der Waals surface area contributed by atoms with Gasteiger partial charge < -0.3 is 15.4 Å². The summed E-state index contributed by atoms with van der Waals surface area (Å²) in [5, 5.41) is 5.61. The van der Waals surface area contributed by atoms with Gasteiger partial charge in [-0.25, -0.2) is 9.59 Å². The molecule has 3 atom stereocenters. The Hall–Kier alpha value is -2.57. The molecule has 7 heteroatoms. The molecule has 2 rings (SSSR count). The molecule has 0 aromatic heterocycles. The van der Waals surface area contributed by atoms with Gasteiger partial charge in [-0.05, 0) is 24.0 Å². The van der Waals surface area contributed by atoms with E-state index in [-0.39, 0.29) is 17.7 Å². The van der Waals surface area contributed by atoms with Crippen LogP contribution in [0.2, 0.25) is 0 Å². The van der Waals surface area contributed by atoms with Gasteiger partial charge >= 0.3 is 12.0 Å². The molecule has 1 heterocycles. The molecule has 3 unspecified atom stereocenters. The summed E-state index contributed by atoms with van der Waals surface area (Å²) >= 11 is 0. The minimum atomic E-state index is -0.775. The lowest BCUT2D eigenvalue weighted by molar-refractivity contribution is -0.144. The van der Waals surface area contributed by atoms with Gasteiger partial charge in [-0.15, -0.1) is 0 Å². The normalized spacial score (nSPS) is 18.6. The maximum absolute atomic E-state index is 13.1. The number of hydrogen-bond donors (Lipinski definition) is 2. The molecule has 1 aromatic carbocycles. The minimum Gasteiger partial charge on any atom is -0.467 e. The average Bonchev–Trinajstić information content (AvgIpc) is 2.63. The first-order valence-corrected chi connectivity index (χ1v) is 8.89. The Morgan fingerprint density at radius 3 is 2.50 bits per heavy atom. The van der Waals surface area contributed by atoms with Crippen LogP contribution in [0.5, 0.6) is 0 Å². The van der Waals surface area contributed by atoms with Gasteiger partial charge in [-0.1, -0.05) is 46.2 Å². The van der Waals surface area contributed by atoms with Crippen LogP contribution < -0.4 is 15.5 Å². The number of esters is 1. The van der Waals surface area contributed by atoms with Crippen molar-refractivity contribution in [3.63, 3.8) is 0 Å². The Morgan fingerprint density at radius 2 is 1.92 bits per heavy atom. The first-order chi connectivity index (χ1) is 12.3. The minimum absolute atomic E-state index is 0.0993. The number of urea groups is 1. The maximum Gasteiger partial charge on any atom is 0.328 e. The number of methoxy groups -OCH3 is 1. The fourth-order valence-electron chi connectivity index (χ4n) is 3.10. The summed E-state index contributed by atoms with van der Waals surface area (Å²) < 4.78 is 4.84. The van der Waals surface area contributed by atoms with Gasteiger partial charge in [-0.3, -0.25) is 9.69 Å². The molecule has 0 fully saturated rings. The Morgan fingerprint density at radius 1 is 1.27 bits per heavy atom. The van der Waals surface area contributed by atoms with Crippen LogP contribution in [0.1, 0.15) is 34.1 Å². The third-order valence-corrected chi connectivity index (χ3v) is 4.77. The van der Waals surface area contributed by atoms with E-state index in [0.29, 0.717) is 17.8 Å². The van der Waals surface area contributed by atoms with E-state index in [0.717, 1.165) is 0 Å². The van der Waals surface area contributed by atoms with Gasteiger partial charge in [0.1, 0.15) is 12.1 Å². The van der Waals surface area contributed by atoms with E-state index in [4.69, 9.17) is 4.74 Å². The van der Waals surface area contributed by atoms with Crippen molar-refractivity contribution in [3.8, 4) is 0 Å². The molecule has 0 saturated carbocycles. The Balaban J connectivity index is 2.39. The summed E-state index contributed by atoms with van der Waals surface area (Å²) in [6.07, 6.45) is 0.699. The Labute approximate surface area is 154 Å². The fourth-order valence-corrected chi connectivity index (χ4v) is 3.10. The van der Waals surface area contributed by atoms with Gasteiger partial charge in [0.15, 0.2) is 0 Å². The van der Waals surface area contributed by atoms with E-state index in [1.807, 2.05) is 27.7 Å². The summed E-state index contributed by atoms with van der Waals surface area (Å²) in [7, 11) is 1.30. The first kappa shape index (κ1) is 19.8. The third-order valence-electron chi connectivity index (χ3n) is 4.77. The lowest BCUT2D eigenvalue weighted by Gasteiger charge is -2.39. The van der Waals surface area contributed by atoms with Crippen molar-refractivity contribution in [2.24, 2.45) is 11.8 Å². The largest absolute Gasteiger partial charge is 0.467 e. The van der Waals surface area contributed by atoms with Gasteiger partial charge in [-0.2, -0.15) is 0 Å². The molecule has 142 valence electrons. The van der Waals surface area contributed by atoms with Crippen LogP contribution in [0.15, 0.2) is 24.3 Å². The second kappa shape index (κ2) is 8.21. The van der Waals surface area contributed by atoms with Gasteiger partial charge in [0.05, 0.1) is 18.5 Å². The fraction of sp³-hybridized carbons (Fsp3) is 0.526. The van der Waals surface area contributed by atoms with Gasteiger partial charge in [0.25, 0.3) is 0 Å². The number of carbonyl (C=O) groups is 3. The quantitative estimate of drug-likeness (QED) is 0.790. The van der Waals surface area contributed by atoms with Gasteiger partial charge in [0.2, 0.25) is 5.91 Å². The Bertz CT molecular complexity index is 689. The van der Waals surface area contributed by atoms with Gasteiger partial charge in [0, 0.05) is 0 Å². The number of hydrogen-bond acceptors (Lipinski definition) is 4. The van der Waals surface area contributed by atoms with Crippen molar-refractivity contribution in [2.45, 2.75) is 46.2 Å². The predicted molar refractivity (Wildman–Crippen MR) is 100.0 cm³/mol. The number of nitrogens with one attached hydrogen (secondary N) is 2. The number of ether oxygens (including phenoxy) is 1. The number of nitrogens with zero attached hydrogens (tertiary/aromatic N) is 1. The summed E-state index contributed by atoms with van der Waals surface area (Å²) in [5.74, 6) is -0.942. The maximum atomic E-state index is 13.1. The smallest absolute Gasteiger partial charge is 0.328 e. The SMILES string of the molecule is CCC(C)C(NC(=O)N1c2ccccc2NC(=O)C1C(C)C)C(=O)OC. The predicted octanol–water partition coefficient (Wildman–Crippen LogP) is 2.77. The topological polar surface area (TPSA) is 87.7 Å². The molecule has 3 amide bonds. The zero-order valence-electron chi connectivity index (χ0n) is 15.9. The number of fused-ring (bicyclic) bond motifs is 1. The molecule has 2 N–H and O–H groups in total. The van der Waals surface area contributed by atoms with Crippen molar-refractivity contribution in [1.82, 2.24) is 5.32 Å². The molecule has 1 aliphatic heterocycles.